The third-order valence-corrected chi connectivity index (χ3v) is 2.37. The Hall–Kier alpha value is -1.68. The molecule has 1 aromatic carbocycles. The van der Waals surface area contributed by atoms with Gasteiger partial charge in [-0.25, -0.2) is 13.8 Å². The summed E-state index contributed by atoms with van der Waals surface area (Å²) in [6.45, 7) is 0. The summed E-state index contributed by atoms with van der Waals surface area (Å²) in [5.41, 5.74) is 0.832. The van der Waals surface area contributed by atoms with E-state index >= 15 is 0 Å². The van der Waals surface area contributed by atoms with E-state index in [2.05, 4.69) is 4.98 Å². The number of hydrogen-bond donors (Lipinski definition) is 0. The lowest BCUT2D eigenvalue weighted by atomic mass is 10.3. The van der Waals surface area contributed by atoms with Gasteiger partial charge in [0.25, 0.3) is 0 Å². The second-order valence-electron chi connectivity index (χ2n) is 3.32. The van der Waals surface area contributed by atoms with Gasteiger partial charge in [-0.05, 0) is 17.7 Å². The molecule has 0 saturated carbocycles. The van der Waals surface area contributed by atoms with E-state index in [9.17, 15) is 8.78 Å². The van der Waals surface area contributed by atoms with Crippen LogP contribution >= 0.6 is 11.6 Å². The molecule has 0 saturated heterocycles. The molecule has 0 aliphatic carbocycles. The van der Waals surface area contributed by atoms with Crippen LogP contribution in [0.15, 0.2) is 36.5 Å². The lowest BCUT2D eigenvalue weighted by Gasteiger charge is -2.05. The maximum absolute atomic E-state index is 13.3. The van der Waals surface area contributed by atoms with E-state index in [1.165, 1.54) is 12.3 Å². The topological polar surface area (TPSA) is 22.1 Å². The largest absolute Gasteiger partial charge is 0.436 e. The van der Waals surface area contributed by atoms with Crippen molar-refractivity contribution in [2.24, 2.45) is 0 Å². The number of aromatic nitrogens is 1. The molecule has 0 unspecified atom stereocenters. The third kappa shape index (κ3) is 2.91. The fourth-order valence-corrected chi connectivity index (χ4v) is 1.38. The smallest absolute Gasteiger partial charge is 0.219 e. The number of halogens is 3. The van der Waals surface area contributed by atoms with Crippen LogP contribution in [-0.4, -0.2) is 4.98 Å². The Balaban J connectivity index is 2.19. The Morgan fingerprint density at radius 2 is 2.00 bits per heavy atom. The predicted molar refractivity (Wildman–Crippen MR) is 60.2 cm³/mol. The van der Waals surface area contributed by atoms with Gasteiger partial charge in [0.1, 0.15) is 5.82 Å². The summed E-state index contributed by atoms with van der Waals surface area (Å²) in [6.07, 6.45) is 1.53. The number of alkyl halides is 1. The second-order valence-corrected chi connectivity index (χ2v) is 3.58. The average molecular weight is 256 g/mol. The van der Waals surface area contributed by atoms with Crippen molar-refractivity contribution in [2.75, 3.05) is 0 Å². The molecule has 0 radical (unpaired) electrons. The normalized spacial score (nSPS) is 10.3. The average Bonchev–Trinajstić information content (AvgIpc) is 2.34. The molecular weight excluding hydrogens is 248 g/mol. The highest BCUT2D eigenvalue weighted by Crippen LogP contribution is 2.23. The minimum Gasteiger partial charge on any atom is -0.436 e. The van der Waals surface area contributed by atoms with Gasteiger partial charge in [0.2, 0.25) is 5.88 Å². The van der Waals surface area contributed by atoms with E-state index in [-0.39, 0.29) is 11.6 Å². The molecule has 0 N–H and O–H groups in total. The minimum atomic E-state index is -0.770. The number of hydrogen-bond acceptors (Lipinski definition) is 2. The zero-order chi connectivity index (χ0) is 12.3. The zero-order valence-corrected chi connectivity index (χ0v) is 9.42. The Kier molecular flexibility index (Phi) is 3.54. The maximum atomic E-state index is 13.3. The molecule has 0 aliphatic rings. The highest BCUT2D eigenvalue weighted by molar-refractivity contribution is 6.17. The SMILES string of the molecule is Fc1ccc(Oc2ccc(CCl)cn2)c(F)c1. The maximum Gasteiger partial charge on any atom is 0.219 e. The second kappa shape index (κ2) is 5.10. The molecule has 1 aromatic heterocycles. The van der Waals surface area contributed by atoms with Crippen LogP contribution in [0.2, 0.25) is 0 Å². The van der Waals surface area contributed by atoms with Gasteiger partial charge in [0, 0.05) is 24.2 Å². The van der Waals surface area contributed by atoms with Gasteiger partial charge >= 0.3 is 0 Å². The monoisotopic (exact) mass is 255 g/mol. The molecule has 0 atom stereocenters. The van der Waals surface area contributed by atoms with Gasteiger partial charge in [-0.15, -0.1) is 11.6 Å². The van der Waals surface area contributed by atoms with E-state index in [0.717, 1.165) is 17.7 Å². The fraction of sp³-hybridized carbons (Fsp3) is 0.0833. The Labute approximate surface area is 102 Å². The Morgan fingerprint density at radius 1 is 1.18 bits per heavy atom. The molecule has 2 aromatic rings. The van der Waals surface area contributed by atoms with E-state index in [0.29, 0.717) is 5.88 Å². The van der Waals surface area contributed by atoms with Crippen molar-refractivity contribution < 1.29 is 13.5 Å². The highest BCUT2D eigenvalue weighted by atomic mass is 35.5. The van der Waals surface area contributed by atoms with Crippen molar-refractivity contribution in [3.8, 4) is 11.6 Å². The highest BCUT2D eigenvalue weighted by Gasteiger charge is 2.06. The van der Waals surface area contributed by atoms with Gasteiger partial charge in [-0.1, -0.05) is 6.07 Å². The summed E-state index contributed by atoms with van der Waals surface area (Å²) in [5.74, 6) is -0.923. The summed E-state index contributed by atoms with van der Waals surface area (Å²) < 4.78 is 31.1. The molecule has 0 bridgehead atoms. The number of rotatable bonds is 3. The Bertz CT molecular complexity index is 516. The number of ether oxygens (including phenoxy) is 1. The molecule has 1 heterocycles. The lowest BCUT2D eigenvalue weighted by Crippen LogP contribution is -1.92. The summed E-state index contributed by atoms with van der Waals surface area (Å²) in [4.78, 5) is 3.94. The van der Waals surface area contributed by atoms with Crippen molar-refractivity contribution in [3.63, 3.8) is 0 Å². The van der Waals surface area contributed by atoms with Gasteiger partial charge < -0.3 is 4.74 Å². The van der Waals surface area contributed by atoms with Crippen molar-refractivity contribution in [1.82, 2.24) is 4.98 Å². The van der Waals surface area contributed by atoms with E-state index in [4.69, 9.17) is 16.3 Å². The van der Waals surface area contributed by atoms with E-state index in [1.807, 2.05) is 0 Å². The van der Waals surface area contributed by atoms with Crippen LogP contribution in [-0.2, 0) is 5.88 Å². The first-order chi connectivity index (χ1) is 8.19. The molecule has 17 heavy (non-hydrogen) atoms. The molecule has 0 amide bonds. The molecule has 0 aliphatic heterocycles. The molecule has 0 fully saturated rings. The summed E-state index contributed by atoms with van der Waals surface area (Å²) in [7, 11) is 0. The Morgan fingerprint density at radius 3 is 2.59 bits per heavy atom. The first-order valence-corrected chi connectivity index (χ1v) is 5.36. The van der Waals surface area contributed by atoms with Gasteiger partial charge in [-0.2, -0.15) is 0 Å². The first kappa shape index (κ1) is 11.8. The van der Waals surface area contributed by atoms with Crippen LogP contribution in [0.5, 0.6) is 11.6 Å². The van der Waals surface area contributed by atoms with Gasteiger partial charge in [-0.3, -0.25) is 0 Å². The van der Waals surface area contributed by atoms with Crippen LogP contribution < -0.4 is 4.74 Å². The van der Waals surface area contributed by atoms with Crippen molar-refractivity contribution in [3.05, 3.63) is 53.7 Å². The van der Waals surface area contributed by atoms with Crippen LogP contribution in [0, 0.1) is 11.6 Å². The van der Waals surface area contributed by atoms with Crippen LogP contribution in [0.4, 0.5) is 8.78 Å². The molecule has 5 heteroatoms. The number of pyridine rings is 1. The standard InChI is InChI=1S/C12H8ClF2NO/c13-6-8-1-4-12(16-7-8)17-11-3-2-9(14)5-10(11)15/h1-5,7H,6H2. The molecule has 0 spiro atoms. The minimum absolute atomic E-state index is 0.0717. The molecule has 2 rings (SSSR count). The van der Waals surface area contributed by atoms with Crippen LogP contribution in [0.1, 0.15) is 5.56 Å². The van der Waals surface area contributed by atoms with Crippen molar-refractivity contribution >= 4 is 11.6 Å². The zero-order valence-electron chi connectivity index (χ0n) is 8.66. The van der Waals surface area contributed by atoms with Crippen LogP contribution in [0.25, 0.3) is 0 Å². The van der Waals surface area contributed by atoms with E-state index in [1.54, 1.807) is 12.1 Å². The first-order valence-electron chi connectivity index (χ1n) is 4.83. The van der Waals surface area contributed by atoms with Gasteiger partial charge in [0.05, 0.1) is 0 Å². The lowest BCUT2D eigenvalue weighted by molar-refractivity contribution is 0.423. The van der Waals surface area contributed by atoms with E-state index < -0.39 is 11.6 Å². The third-order valence-electron chi connectivity index (χ3n) is 2.06. The fourth-order valence-electron chi connectivity index (χ4n) is 1.22. The van der Waals surface area contributed by atoms with Crippen molar-refractivity contribution in [2.45, 2.75) is 5.88 Å². The number of benzene rings is 1. The molecular formula is C12H8ClF2NO. The molecule has 2 nitrogen and oxygen atoms in total. The summed E-state index contributed by atoms with van der Waals surface area (Å²) in [6, 6.07) is 6.37. The van der Waals surface area contributed by atoms with Gasteiger partial charge in [0.15, 0.2) is 11.6 Å². The van der Waals surface area contributed by atoms with Crippen LogP contribution in [0.3, 0.4) is 0 Å². The summed E-state index contributed by atoms with van der Waals surface area (Å²) >= 11 is 5.60. The van der Waals surface area contributed by atoms with Crippen molar-refractivity contribution in [1.29, 1.82) is 0 Å². The quantitative estimate of drug-likeness (QED) is 0.776. The summed E-state index contributed by atoms with van der Waals surface area (Å²) in [5, 5.41) is 0. The predicted octanol–water partition coefficient (Wildman–Crippen LogP) is 3.89. The number of nitrogens with zero attached hydrogens (tertiary/aromatic N) is 1. The molecule has 88 valence electrons.